The fourth-order valence-electron chi connectivity index (χ4n) is 3.69. The van der Waals surface area contributed by atoms with Crippen molar-refractivity contribution in [3.05, 3.63) is 130 Å². The number of hydrogen-bond acceptors (Lipinski definition) is 4. The second-order valence-electron chi connectivity index (χ2n) is 9.15. The van der Waals surface area contributed by atoms with Crippen molar-refractivity contribution in [3.63, 3.8) is 0 Å². The first-order chi connectivity index (χ1) is 19.7. The van der Waals surface area contributed by atoms with Gasteiger partial charge in [0, 0.05) is 21.8 Å². The molecule has 3 amide bonds. The lowest BCUT2D eigenvalue weighted by Gasteiger charge is -2.14. The van der Waals surface area contributed by atoms with E-state index in [9.17, 15) is 18.8 Å². The molecule has 4 aromatic rings. The lowest BCUT2D eigenvalue weighted by Crippen LogP contribution is -2.30. The van der Waals surface area contributed by atoms with Crippen molar-refractivity contribution in [2.75, 3.05) is 10.6 Å². The first-order valence-corrected chi connectivity index (χ1v) is 13.9. The first-order valence-electron chi connectivity index (χ1n) is 12.7. The third-order valence-corrected chi connectivity index (χ3v) is 7.26. The van der Waals surface area contributed by atoms with Crippen LogP contribution in [-0.4, -0.2) is 23.0 Å². The molecule has 0 aliphatic carbocycles. The van der Waals surface area contributed by atoms with Crippen LogP contribution in [0, 0.1) is 12.7 Å². The highest BCUT2D eigenvalue weighted by molar-refractivity contribution is 8.00. The zero-order chi connectivity index (χ0) is 29.4. The smallest absolute Gasteiger partial charge is 0.272 e. The molecule has 0 saturated heterocycles. The van der Waals surface area contributed by atoms with E-state index in [1.807, 2.05) is 37.3 Å². The Morgan fingerprint density at radius 1 is 0.854 bits per heavy atom. The Bertz CT molecular complexity index is 1590. The Hall–Kier alpha value is -4.40. The van der Waals surface area contributed by atoms with E-state index < -0.39 is 22.9 Å². The first kappa shape index (κ1) is 29.6. The van der Waals surface area contributed by atoms with Crippen LogP contribution in [0.1, 0.15) is 28.4 Å². The molecule has 6 nitrogen and oxygen atoms in total. The van der Waals surface area contributed by atoms with Gasteiger partial charge in [-0.2, -0.15) is 0 Å². The average Bonchev–Trinajstić information content (AvgIpc) is 2.96. The summed E-state index contributed by atoms with van der Waals surface area (Å²) in [7, 11) is 0. The van der Waals surface area contributed by atoms with Crippen LogP contribution >= 0.6 is 23.4 Å². The molecule has 9 heteroatoms. The van der Waals surface area contributed by atoms with Crippen LogP contribution < -0.4 is 16.0 Å². The molecule has 0 bridgehead atoms. The lowest BCUT2D eigenvalue weighted by molar-refractivity contribution is -0.115. The minimum atomic E-state index is -0.567. The number of benzene rings is 4. The van der Waals surface area contributed by atoms with Gasteiger partial charge in [-0.15, -0.1) is 11.8 Å². The molecule has 0 radical (unpaired) electrons. The summed E-state index contributed by atoms with van der Waals surface area (Å²) in [6.45, 7) is 3.70. The maximum atomic E-state index is 13.4. The molecule has 1 atom stereocenters. The maximum Gasteiger partial charge on any atom is 0.272 e. The normalized spacial score (nSPS) is 11.9. The van der Waals surface area contributed by atoms with Gasteiger partial charge in [-0.05, 0) is 74.0 Å². The fourth-order valence-corrected chi connectivity index (χ4v) is 4.80. The minimum Gasteiger partial charge on any atom is -0.325 e. The molecular weight excluding hydrogens is 561 g/mol. The summed E-state index contributed by atoms with van der Waals surface area (Å²) in [6.07, 6.45) is 1.61. The molecule has 4 rings (SSSR count). The van der Waals surface area contributed by atoms with Gasteiger partial charge in [0.25, 0.3) is 11.8 Å². The van der Waals surface area contributed by atoms with Gasteiger partial charge in [-0.1, -0.05) is 65.7 Å². The largest absolute Gasteiger partial charge is 0.325 e. The summed E-state index contributed by atoms with van der Waals surface area (Å²) < 4.78 is 13.4. The van der Waals surface area contributed by atoms with Crippen LogP contribution in [0.25, 0.3) is 6.08 Å². The summed E-state index contributed by atoms with van der Waals surface area (Å²) >= 11 is 7.09. The predicted molar refractivity (Wildman–Crippen MR) is 163 cm³/mol. The molecule has 1 unspecified atom stereocenters. The summed E-state index contributed by atoms with van der Waals surface area (Å²) in [5, 5.41) is 7.70. The number of carbonyl (C=O) groups excluding carboxylic acids is 3. The van der Waals surface area contributed by atoms with Crippen molar-refractivity contribution in [1.82, 2.24) is 5.32 Å². The number of carbonyl (C=O) groups is 3. The minimum absolute atomic E-state index is 0.0754. The number of halogens is 2. The van der Waals surface area contributed by atoms with E-state index in [1.54, 1.807) is 61.5 Å². The molecule has 0 aromatic heterocycles. The van der Waals surface area contributed by atoms with Gasteiger partial charge in [0.2, 0.25) is 5.91 Å². The third kappa shape index (κ3) is 8.54. The van der Waals surface area contributed by atoms with Gasteiger partial charge >= 0.3 is 0 Å². The van der Waals surface area contributed by atoms with E-state index in [0.717, 1.165) is 16.0 Å². The van der Waals surface area contributed by atoms with Crippen LogP contribution in [0.5, 0.6) is 0 Å². The second-order valence-corrected chi connectivity index (χ2v) is 11.0. The maximum absolute atomic E-state index is 13.4. The Labute approximate surface area is 247 Å². The summed E-state index contributed by atoms with van der Waals surface area (Å²) in [5.41, 5.74) is 3.19. The summed E-state index contributed by atoms with van der Waals surface area (Å²) in [5.74, 6) is -1.77. The van der Waals surface area contributed by atoms with Crippen molar-refractivity contribution in [2.24, 2.45) is 0 Å². The van der Waals surface area contributed by atoms with Crippen LogP contribution in [-0.2, 0) is 9.59 Å². The predicted octanol–water partition coefficient (Wildman–Crippen LogP) is 7.32. The van der Waals surface area contributed by atoms with Crippen molar-refractivity contribution in [3.8, 4) is 0 Å². The van der Waals surface area contributed by atoms with Crippen LogP contribution in [0.2, 0.25) is 5.02 Å². The number of rotatable bonds is 9. The Balaban J connectivity index is 1.47. The molecule has 3 N–H and O–H groups in total. The number of amides is 3. The van der Waals surface area contributed by atoms with Crippen LogP contribution in [0.4, 0.5) is 15.8 Å². The van der Waals surface area contributed by atoms with E-state index in [4.69, 9.17) is 11.6 Å². The molecule has 0 aliphatic rings. The summed E-state index contributed by atoms with van der Waals surface area (Å²) in [4.78, 5) is 39.6. The summed E-state index contributed by atoms with van der Waals surface area (Å²) in [6, 6.07) is 27.2. The average molecular weight is 588 g/mol. The standard InChI is InChI=1S/C32H27ClFN3O3S/c1-20-11-13-22(14-12-20)17-29(37-31(39)23-7-4-3-5-8-23)32(40)36-24-9-6-10-26(18-24)41-21(2)30(38)35-25-15-16-28(34)27(33)19-25/h3-19,21H,1-2H3,(H,35,38)(H,36,40)(H,37,39)/b29-17-. The molecule has 0 heterocycles. The molecule has 0 fully saturated rings. The monoisotopic (exact) mass is 587 g/mol. The van der Waals surface area contributed by atoms with Crippen molar-refractivity contribution in [2.45, 2.75) is 24.0 Å². The van der Waals surface area contributed by atoms with Gasteiger partial charge in [-0.25, -0.2) is 4.39 Å². The number of anilines is 2. The van der Waals surface area contributed by atoms with Gasteiger partial charge in [0.15, 0.2) is 0 Å². The zero-order valence-electron chi connectivity index (χ0n) is 22.3. The zero-order valence-corrected chi connectivity index (χ0v) is 23.9. The number of aryl methyl sites for hydroxylation is 1. The number of hydrogen-bond donors (Lipinski definition) is 3. The Morgan fingerprint density at radius 2 is 1.56 bits per heavy atom. The van der Waals surface area contributed by atoms with E-state index in [2.05, 4.69) is 16.0 Å². The highest BCUT2D eigenvalue weighted by Gasteiger charge is 2.18. The molecule has 0 spiro atoms. The fraction of sp³-hybridized carbons (Fsp3) is 0.0938. The highest BCUT2D eigenvalue weighted by Crippen LogP contribution is 2.27. The number of nitrogens with one attached hydrogen (secondary N) is 3. The molecule has 4 aromatic carbocycles. The molecule has 41 heavy (non-hydrogen) atoms. The van der Waals surface area contributed by atoms with E-state index in [-0.39, 0.29) is 16.6 Å². The Morgan fingerprint density at radius 3 is 2.27 bits per heavy atom. The SMILES string of the molecule is Cc1ccc(/C=C(\NC(=O)c2ccccc2)C(=O)Nc2cccc(SC(C)C(=O)Nc3ccc(F)c(Cl)c3)c2)cc1. The molecule has 208 valence electrons. The van der Waals surface area contributed by atoms with Crippen LogP contribution in [0.15, 0.2) is 108 Å². The van der Waals surface area contributed by atoms with Crippen LogP contribution in [0.3, 0.4) is 0 Å². The van der Waals surface area contributed by atoms with Crippen molar-refractivity contribution >= 4 is 58.5 Å². The number of thioether (sulfide) groups is 1. The molecule has 0 aliphatic heterocycles. The third-order valence-electron chi connectivity index (χ3n) is 5.88. The quantitative estimate of drug-likeness (QED) is 0.141. The van der Waals surface area contributed by atoms with Gasteiger partial charge in [0.05, 0.1) is 10.3 Å². The van der Waals surface area contributed by atoms with Crippen molar-refractivity contribution < 1.29 is 18.8 Å². The Kier molecular flexibility index (Phi) is 9.95. The second kappa shape index (κ2) is 13.8. The molecule has 0 saturated carbocycles. The van der Waals surface area contributed by atoms with E-state index in [1.165, 1.54) is 30.0 Å². The topological polar surface area (TPSA) is 87.3 Å². The van der Waals surface area contributed by atoms with E-state index in [0.29, 0.717) is 16.9 Å². The van der Waals surface area contributed by atoms with Gasteiger partial charge in [-0.3, -0.25) is 14.4 Å². The molecular formula is C32H27ClFN3O3S. The van der Waals surface area contributed by atoms with E-state index >= 15 is 0 Å². The van der Waals surface area contributed by atoms with Crippen molar-refractivity contribution in [1.29, 1.82) is 0 Å². The lowest BCUT2D eigenvalue weighted by atomic mass is 10.1. The van der Waals surface area contributed by atoms with Gasteiger partial charge < -0.3 is 16.0 Å². The highest BCUT2D eigenvalue weighted by atomic mass is 35.5. The van der Waals surface area contributed by atoms with Gasteiger partial charge in [0.1, 0.15) is 11.5 Å².